The first-order valence-corrected chi connectivity index (χ1v) is 10.5. The molecule has 2 heterocycles. The number of amides is 1. The minimum absolute atomic E-state index is 0.0108. The number of ether oxygens (including phenoxy) is 2. The number of hydrogen-bond donors (Lipinski definition) is 0. The van der Waals surface area contributed by atoms with Gasteiger partial charge < -0.3 is 18.8 Å². The summed E-state index contributed by atoms with van der Waals surface area (Å²) in [5.41, 5.74) is 1.54. The molecule has 1 aliphatic heterocycles. The Bertz CT molecular complexity index is 1070. The van der Waals surface area contributed by atoms with Crippen LogP contribution in [0.3, 0.4) is 0 Å². The van der Waals surface area contributed by atoms with Crippen molar-refractivity contribution >= 4 is 16.9 Å². The second-order valence-corrected chi connectivity index (χ2v) is 10.1. The molecule has 1 aliphatic carbocycles. The van der Waals surface area contributed by atoms with Gasteiger partial charge in [-0.15, -0.1) is 0 Å². The number of rotatable bonds is 4. The van der Waals surface area contributed by atoms with Crippen molar-refractivity contribution in [3.05, 3.63) is 33.7 Å². The first-order chi connectivity index (χ1) is 14.1. The maximum absolute atomic E-state index is 13.3. The lowest BCUT2D eigenvalue weighted by Gasteiger charge is -2.39. The van der Waals surface area contributed by atoms with Gasteiger partial charge in [-0.2, -0.15) is 0 Å². The first kappa shape index (κ1) is 20.8. The molecule has 30 heavy (non-hydrogen) atoms. The fourth-order valence-corrected chi connectivity index (χ4v) is 5.92. The summed E-state index contributed by atoms with van der Waals surface area (Å²) in [4.78, 5) is 28.0. The van der Waals surface area contributed by atoms with Crippen LogP contribution in [-0.4, -0.2) is 37.6 Å². The largest absolute Gasteiger partial charge is 0.493 e. The second-order valence-electron chi connectivity index (χ2n) is 10.1. The summed E-state index contributed by atoms with van der Waals surface area (Å²) in [6, 6.07) is 3.71. The van der Waals surface area contributed by atoms with Crippen molar-refractivity contribution in [3.63, 3.8) is 0 Å². The zero-order valence-corrected chi connectivity index (χ0v) is 18.8. The predicted molar refractivity (Wildman–Crippen MR) is 115 cm³/mol. The predicted octanol–water partition coefficient (Wildman–Crippen LogP) is 4.09. The van der Waals surface area contributed by atoms with E-state index in [0.717, 1.165) is 36.8 Å². The van der Waals surface area contributed by atoms with Crippen LogP contribution in [0.4, 0.5) is 0 Å². The molecule has 1 saturated carbocycles. The molecule has 2 atom stereocenters. The van der Waals surface area contributed by atoms with Gasteiger partial charge in [-0.3, -0.25) is 4.79 Å². The number of carbonyl (C=O) groups excluding carboxylic acids is 1. The molecule has 1 aromatic carbocycles. The molecule has 162 valence electrons. The van der Waals surface area contributed by atoms with Crippen molar-refractivity contribution < 1.29 is 18.7 Å². The lowest BCUT2D eigenvalue weighted by Crippen LogP contribution is -2.39. The van der Waals surface area contributed by atoms with Crippen LogP contribution in [0.25, 0.3) is 11.0 Å². The van der Waals surface area contributed by atoms with Crippen LogP contribution in [0, 0.1) is 17.8 Å². The van der Waals surface area contributed by atoms with Crippen molar-refractivity contribution in [1.82, 2.24) is 4.90 Å². The number of methoxy groups -OCH3 is 2. The van der Waals surface area contributed by atoms with E-state index in [4.69, 9.17) is 13.9 Å². The van der Waals surface area contributed by atoms with Crippen LogP contribution in [0.1, 0.15) is 51.2 Å². The zero-order valence-electron chi connectivity index (χ0n) is 18.8. The van der Waals surface area contributed by atoms with Crippen LogP contribution in [0.15, 0.2) is 21.3 Å². The van der Waals surface area contributed by atoms with Gasteiger partial charge >= 0.3 is 5.63 Å². The Morgan fingerprint density at radius 2 is 1.83 bits per heavy atom. The van der Waals surface area contributed by atoms with Crippen molar-refractivity contribution in [2.75, 3.05) is 20.8 Å². The highest BCUT2D eigenvalue weighted by Crippen LogP contribution is 2.52. The molecule has 0 radical (unpaired) electrons. The zero-order chi connectivity index (χ0) is 21.8. The summed E-state index contributed by atoms with van der Waals surface area (Å²) in [5, 5.41) is 0.753. The molecule has 2 fully saturated rings. The van der Waals surface area contributed by atoms with Crippen molar-refractivity contribution in [2.24, 2.45) is 10.8 Å². The van der Waals surface area contributed by atoms with E-state index in [1.807, 2.05) is 11.8 Å². The monoisotopic (exact) mass is 413 g/mol. The van der Waals surface area contributed by atoms with Gasteiger partial charge in [0.25, 0.3) is 0 Å². The van der Waals surface area contributed by atoms with E-state index in [2.05, 4.69) is 20.8 Å². The van der Waals surface area contributed by atoms with Gasteiger partial charge in [0.05, 0.1) is 26.2 Å². The van der Waals surface area contributed by atoms with Gasteiger partial charge in [0.15, 0.2) is 11.5 Å². The fraction of sp³-hybridized carbons (Fsp3) is 0.583. The van der Waals surface area contributed by atoms with Crippen molar-refractivity contribution in [2.45, 2.75) is 59.4 Å². The Kier molecular flexibility index (Phi) is 4.87. The summed E-state index contributed by atoms with van der Waals surface area (Å²) < 4.78 is 16.3. The van der Waals surface area contributed by atoms with E-state index in [-0.39, 0.29) is 29.2 Å². The normalized spacial score (nSPS) is 24.9. The van der Waals surface area contributed by atoms with Crippen LogP contribution in [0.5, 0.6) is 11.5 Å². The Labute approximate surface area is 177 Å². The molecule has 4 rings (SSSR count). The van der Waals surface area contributed by atoms with Gasteiger partial charge in [-0.1, -0.05) is 20.8 Å². The maximum atomic E-state index is 13.3. The standard InChI is InChI=1S/C24H31NO5/c1-14-16-7-19(28-5)20(29-6)9-18(16)30-22(27)17(14)8-21(26)25-13-24(4)11-15(25)10-23(2,3)12-24/h7,9,15H,8,10-13H2,1-6H3/t15-,24-/m0/s1. The summed E-state index contributed by atoms with van der Waals surface area (Å²) >= 11 is 0. The number of hydrogen-bond acceptors (Lipinski definition) is 5. The first-order valence-electron chi connectivity index (χ1n) is 10.5. The van der Waals surface area contributed by atoms with E-state index in [1.165, 1.54) is 7.11 Å². The summed E-state index contributed by atoms with van der Waals surface area (Å²) in [6.07, 6.45) is 3.24. The van der Waals surface area contributed by atoms with Crippen LogP contribution < -0.4 is 15.1 Å². The van der Waals surface area contributed by atoms with E-state index in [9.17, 15) is 9.59 Å². The topological polar surface area (TPSA) is 69.0 Å². The number of nitrogens with zero attached hydrogens (tertiary/aromatic N) is 1. The number of benzene rings is 1. The van der Waals surface area contributed by atoms with Gasteiger partial charge in [0.2, 0.25) is 5.91 Å². The van der Waals surface area contributed by atoms with Gasteiger partial charge in [0.1, 0.15) is 5.58 Å². The third-order valence-corrected chi connectivity index (χ3v) is 6.85. The summed E-state index contributed by atoms with van der Waals surface area (Å²) in [7, 11) is 3.10. The highest BCUT2D eigenvalue weighted by molar-refractivity contribution is 5.87. The lowest BCUT2D eigenvalue weighted by molar-refractivity contribution is -0.131. The molecule has 6 heteroatoms. The highest BCUT2D eigenvalue weighted by atomic mass is 16.5. The van der Waals surface area contributed by atoms with Gasteiger partial charge in [0, 0.05) is 24.0 Å². The van der Waals surface area contributed by atoms with E-state index >= 15 is 0 Å². The molecule has 0 N–H and O–H groups in total. The minimum atomic E-state index is -0.464. The van der Waals surface area contributed by atoms with E-state index in [1.54, 1.807) is 19.2 Å². The van der Waals surface area contributed by atoms with Crippen molar-refractivity contribution in [1.29, 1.82) is 0 Å². The third kappa shape index (κ3) is 3.46. The number of likely N-dealkylation sites (tertiary alicyclic amines) is 1. The quantitative estimate of drug-likeness (QED) is 0.706. The third-order valence-electron chi connectivity index (χ3n) is 6.85. The Morgan fingerprint density at radius 3 is 2.50 bits per heavy atom. The molecule has 2 aliphatic rings. The minimum Gasteiger partial charge on any atom is -0.493 e. The number of carbonyl (C=O) groups is 1. The average molecular weight is 414 g/mol. The smallest absolute Gasteiger partial charge is 0.340 e. The molecule has 1 amide bonds. The lowest BCUT2D eigenvalue weighted by atomic mass is 9.65. The van der Waals surface area contributed by atoms with Crippen molar-refractivity contribution in [3.8, 4) is 11.5 Å². The molecule has 2 aromatic rings. The molecular formula is C24H31NO5. The van der Waals surface area contributed by atoms with E-state index < -0.39 is 5.63 Å². The molecule has 2 bridgehead atoms. The molecule has 6 nitrogen and oxygen atoms in total. The average Bonchev–Trinajstić information content (AvgIpc) is 2.92. The second kappa shape index (κ2) is 7.03. The molecule has 0 unspecified atom stereocenters. The van der Waals surface area contributed by atoms with Gasteiger partial charge in [-0.25, -0.2) is 4.79 Å². The van der Waals surface area contributed by atoms with Crippen LogP contribution in [0.2, 0.25) is 0 Å². The summed E-state index contributed by atoms with van der Waals surface area (Å²) in [5.74, 6) is 1.07. The number of aryl methyl sites for hydroxylation is 1. The van der Waals surface area contributed by atoms with Crippen LogP contribution in [-0.2, 0) is 11.2 Å². The SMILES string of the molecule is COc1cc2oc(=O)c(CC(=O)N3C[C@@]4(C)C[C@@H]3CC(C)(C)C4)c(C)c2cc1OC. The maximum Gasteiger partial charge on any atom is 0.340 e. The molecule has 1 aromatic heterocycles. The Morgan fingerprint density at radius 1 is 1.17 bits per heavy atom. The molecular weight excluding hydrogens is 382 g/mol. The molecule has 0 spiro atoms. The van der Waals surface area contributed by atoms with E-state index in [0.29, 0.717) is 22.6 Å². The Balaban J connectivity index is 1.67. The Hall–Kier alpha value is -2.50. The molecule has 1 saturated heterocycles. The fourth-order valence-electron chi connectivity index (χ4n) is 5.92. The van der Waals surface area contributed by atoms with Gasteiger partial charge in [-0.05, 0) is 48.6 Å². The summed E-state index contributed by atoms with van der Waals surface area (Å²) in [6.45, 7) is 9.48. The van der Waals surface area contributed by atoms with Crippen LogP contribution >= 0.6 is 0 Å². The number of fused-ring (bicyclic) bond motifs is 3. The highest BCUT2D eigenvalue weighted by Gasteiger charge is 2.50.